The molecule has 0 bridgehead atoms. The number of carbonyl (C=O) groups excluding carboxylic acids is 1. The second kappa shape index (κ2) is 5.63. The van der Waals surface area contributed by atoms with Gasteiger partial charge in [-0.2, -0.15) is 0 Å². The minimum absolute atomic E-state index is 0.362. The lowest BCUT2D eigenvalue weighted by Crippen LogP contribution is -2.21. The highest BCUT2D eigenvalue weighted by molar-refractivity contribution is 5.95. The molecular weight excluding hydrogens is 245 g/mol. The number of halogens is 1. The lowest BCUT2D eigenvalue weighted by Gasteiger charge is -2.13. The molecular formula is C15H14FNO2. The van der Waals surface area contributed by atoms with E-state index < -0.39 is 12.0 Å². The third-order valence-corrected chi connectivity index (χ3v) is 2.81. The molecule has 0 heterocycles. The average Bonchev–Trinajstić information content (AvgIpc) is 2.42. The number of hydrogen-bond acceptors (Lipinski definition) is 2. The smallest absolute Gasteiger partial charge is 0.257 e. The van der Waals surface area contributed by atoms with Crippen molar-refractivity contribution in [1.82, 2.24) is 0 Å². The van der Waals surface area contributed by atoms with Crippen molar-refractivity contribution in [3.8, 4) is 0 Å². The van der Waals surface area contributed by atoms with Gasteiger partial charge in [0.25, 0.3) is 5.91 Å². The van der Waals surface area contributed by atoms with Gasteiger partial charge in [-0.15, -0.1) is 0 Å². The molecule has 1 amide bonds. The fourth-order valence-electron chi connectivity index (χ4n) is 1.76. The molecule has 0 fully saturated rings. The van der Waals surface area contributed by atoms with E-state index in [0.717, 1.165) is 0 Å². The first-order chi connectivity index (χ1) is 9.08. The first-order valence-electron chi connectivity index (χ1n) is 5.88. The number of anilines is 1. The molecule has 19 heavy (non-hydrogen) atoms. The van der Waals surface area contributed by atoms with Crippen molar-refractivity contribution in [2.24, 2.45) is 0 Å². The summed E-state index contributed by atoms with van der Waals surface area (Å²) in [5, 5.41) is 12.5. The van der Waals surface area contributed by atoms with Crippen LogP contribution in [0.4, 0.5) is 10.1 Å². The van der Waals surface area contributed by atoms with Crippen LogP contribution in [0.25, 0.3) is 0 Å². The molecule has 2 N–H and O–H groups in total. The molecule has 2 aromatic carbocycles. The van der Waals surface area contributed by atoms with Crippen molar-refractivity contribution in [3.63, 3.8) is 0 Å². The maximum Gasteiger partial charge on any atom is 0.257 e. The van der Waals surface area contributed by atoms with Crippen molar-refractivity contribution in [1.29, 1.82) is 0 Å². The van der Waals surface area contributed by atoms with Crippen molar-refractivity contribution in [2.75, 3.05) is 5.32 Å². The molecule has 3 nitrogen and oxygen atoms in total. The summed E-state index contributed by atoms with van der Waals surface area (Å²) >= 11 is 0. The van der Waals surface area contributed by atoms with Crippen LogP contribution in [-0.4, -0.2) is 11.0 Å². The number of amides is 1. The van der Waals surface area contributed by atoms with E-state index in [-0.39, 0.29) is 5.82 Å². The molecule has 1 unspecified atom stereocenters. The highest BCUT2D eigenvalue weighted by atomic mass is 19.1. The van der Waals surface area contributed by atoms with Gasteiger partial charge in [-0.25, -0.2) is 4.39 Å². The normalized spacial score (nSPS) is 11.9. The molecule has 1 atom stereocenters. The van der Waals surface area contributed by atoms with Gasteiger partial charge >= 0.3 is 0 Å². The van der Waals surface area contributed by atoms with E-state index in [2.05, 4.69) is 5.32 Å². The minimum atomic E-state index is -1.24. The lowest BCUT2D eigenvalue weighted by atomic mass is 10.1. The van der Waals surface area contributed by atoms with E-state index in [9.17, 15) is 14.3 Å². The largest absolute Gasteiger partial charge is 0.378 e. The predicted octanol–water partition coefficient (Wildman–Crippen LogP) is 2.81. The Morgan fingerprint density at radius 1 is 1.21 bits per heavy atom. The van der Waals surface area contributed by atoms with Crippen LogP contribution in [-0.2, 0) is 4.79 Å². The van der Waals surface area contributed by atoms with Gasteiger partial charge in [0.1, 0.15) is 5.82 Å². The zero-order chi connectivity index (χ0) is 13.8. The zero-order valence-electron chi connectivity index (χ0n) is 10.4. The SMILES string of the molecule is Cc1cc(F)ccc1NC(=O)C(O)c1ccccc1. The first-order valence-corrected chi connectivity index (χ1v) is 5.88. The van der Waals surface area contributed by atoms with Crippen LogP contribution in [0.2, 0.25) is 0 Å². The third-order valence-electron chi connectivity index (χ3n) is 2.81. The summed E-state index contributed by atoms with van der Waals surface area (Å²) in [5.41, 5.74) is 1.61. The van der Waals surface area contributed by atoms with Crippen LogP contribution < -0.4 is 5.32 Å². The Morgan fingerprint density at radius 2 is 1.89 bits per heavy atom. The van der Waals surface area contributed by atoms with Gasteiger partial charge in [-0.1, -0.05) is 30.3 Å². The summed E-state index contributed by atoms with van der Waals surface area (Å²) in [6.45, 7) is 1.69. The number of aliphatic hydroxyl groups excluding tert-OH is 1. The molecule has 0 aliphatic rings. The monoisotopic (exact) mass is 259 g/mol. The summed E-state index contributed by atoms with van der Waals surface area (Å²) in [4.78, 5) is 11.9. The molecule has 0 aliphatic heterocycles. The van der Waals surface area contributed by atoms with Crippen LogP contribution in [0.3, 0.4) is 0 Å². The number of nitrogens with one attached hydrogen (secondary N) is 1. The number of hydrogen-bond donors (Lipinski definition) is 2. The molecule has 0 aromatic heterocycles. The fourth-order valence-corrected chi connectivity index (χ4v) is 1.76. The van der Waals surface area contributed by atoms with E-state index in [4.69, 9.17) is 0 Å². The molecule has 0 saturated carbocycles. The van der Waals surface area contributed by atoms with Crippen molar-refractivity contribution in [3.05, 3.63) is 65.5 Å². The standard InChI is InChI=1S/C15H14FNO2/c1-10-9-12(16)7-8-13(10)17-15(19)14(18)11-5-3-2-4-6-11/h2-9,14,18H,1H3,(H,17,19). The van der Waals surface area contributed by atoms with Crippen LogP contribution in [0.5, 0.6) is 0 Å². The zero-order valence-corrected chi connectivity index (χ0v) is 10.4. The Balaban J connectivity index is 2.13. The fraction of sp³-hybridized carbons (Fsp3) is 0.133. The topological polar surface area (TPSA) is 49.3 Å². The molecule has 0 aliphatic carbocycles. The van der Waals surface area contributed by atoms with Gasteiger partial charge < -0.3 is 10.4 Å². The Labute approximate surface area is 110 Å². The first kappa shape index (κ1) is 13.2. The number of benzene rings is 2. The van der Waals surface area contributed by atoms with Crippen LogP contribution in [0.15, 0.2) is 48.5 Å². The van der Waals surface area contributed by atoms with Gasteiger partial charge in [0.2, 0.25) is 0 Å². The number of aliphatic hydroxyl groups is 1. The van der Waals surface area contributed by atoms with Gasteiger partial charge in [-0.3, -0.25) is 4.79 Å². The average molecular weight is 259 g/mol. The third kappa shape index (κ3) is 3.17. The highest BCUT2D eigenvalue weighted by Gasteiger charge is 2.17. The Morgan fingerprint density at radius 3 is 2.53 bits per heavy atom. The van der Waals surface area contributed by atoms with Crippen LogP contribution >= 0.6 is 0 Å². The van der Waals surface area contributed by atoms with Crippen LogP contribution in [0, 0.1) is 12.7 Å². The van der Waals surface area contributed by atoms with Crippen LogP contribution in [0.1, 0.15) is 17.2 Å². The summed E-state index contributed by atoms with van der Waals surface area (Å²) in [6, 6.07) is 12.7. The predicted molar refractivity (Wildman–Crippen MR) is 71.2 cm³/mol. The highest BCUT2D eigenvalue weighted by Crippen LogP contribution is 2.19. The summed E-state index contributed by atoms with van der Waals surface area (Å²) in [5.74, 6) is -0.903. The Hall–Kier alpha value is -2.20. The molecule has 98 valence electrons. The van der Waals surface area contributed by atoms with E-state index >= 15 is 0 Å². The van der Waals surface area contributed by atoms with E-state index in [0.29, 0.717) is 16.8 Å². The van der Waals surface area contributed by atoms with E-state index in [1.807, 2.05) is 0 Å². The maximum absolute atomic E-state index is 12.9. The van der Waals surface area contributed by atoms with Gasteiger partial charge in [0, 0.05) is 5.69 Å². The Bertz CT molecular complexity index is 584. The number of aryl methyl sites for hydroxylation is 1. The lowest BCUT2D eigenvalue weighted by molar-refractivity contribution is -0.124. The van der Waals surface area contributed by atoms with Crippen molar-refractivity contribution >= 4 is 11.6 Å². The molecule has 0 spiro atoms. The number of carbonyl (C=O) groups is 1. The van der Waals surface area contributed by atoms with E-state index in [1.165, 1.54) is 18.2 Å². The number of rotatable bonds is 3. The molecule has 0 saturated heterocycles. The molecule has 0 radical (unpaired) electrons. The summed E-state index contributed by atoms with van der Waals surface area (Å²) in [7, 11) is 0. The second-order valence-corrected chi connectivity index (χ2v) is 4.26. The minimum Gasteiger partial charge on any atom is -0.378 e. The van der Waals surface area contributed by atoms with Gasteiger partial charge in [-0.05, 0) is 36.2 Å². The van der Waals surface area contributed by atoms with E-state index in [1.54, 1.807) is 37.3 Å². The molecule has 2 aromatic rings. The summed E-state index contributed by atoms with van der Waals surface area (Å²) in [6.07, 6.45) is -1.24. The molecule has 2 rings (SSSR count). The van der Waals surface area contributed by atoms with Gasteiger partial charge in [0.15, 0.2) is 6.10 Å². The second-order valence-electron chi connectivity index (χ2n) is 4.26. The quantitative estimate of drug-likeness (QED) is 0.890. The van der Waals surface area contributed by atoms with Gasteiger partial charge in [0.05, 0.1) is 0 Å². The Kier molecular flexibility index (Phi) is 3.92. The van der Waals surface area contributed by atoms with Crippen molar-refractivity contribution < 1.29 is 14.3 Å². The maximum atomic E-state index is 12.9. The summed E-state index contributed by atoms with van der Waals surface area (Å²) < 4.78 is 12.9. The molecule has 4 heteroatoms. The van der Waals surface area contributed by atoms with Crippen molar-refractivity contribution in [2.45, 2.75) is 13.0 Å².